The summed E-state index contributed by atoms with van der Waals surface area (Å²) in [7, 11) is 0. The van der Waals surface area contributed by atoms with Crippen LogP contribution in [0.15, 0.2) is 136 Å². The molecule has 0 radical (unpaired) electrons. The molecule has 198 valence electrons. The third kappa shape index (κ3) is 4.39. The molecule has 0 spiro atoms. The highest BCUT2D eigenvalue weighted by atomic mass is 16.4. The van der Waals surface area contributed by atoms with E-state index < -0.39 is 0 Å². The molecule has 0 atom stereocenters. The lowest BCUT2D eigenvalue weighted by Gasteiger charge is -2.09. The van der Waals surface area contributed by atoms with Crippen LogP contribution in [0.25, 0.3) is 79.3 Å². The van der Waals surface area contributed by atoms with Gasteiger partial charge in [-0.15, -0.1) is 0 Å². The number of nitrogens with zero attached hydrogens (tertiary/aromatic N) is 5. The third-order valence-corrected chi connectivity index (χ3v) is 6.99. The number of oxazole rings is 2. The molecule has 0 amide bonds. The van der Waals surface area contributed by atoms with Crippen LogP contribution in [-0.4, -0.2) is 24.9 Å². The van der Waals surface area contributed by atoms with E-state index >= 15 is 0 Å². The zero-order chi connectivity index (χ0) is 27.9. The van der Waals surface area contributed by atoms with Crippen molar-refractivity contribution >= 4 is 22.2 Å². The van der Waals surface area contributed by atoms with Crippen LogP contribution in [0.3, 0.4) is 0 Å². The summed E-state index contributed by atoms with van der Waals surface area (Å²) in [5, 5.41) is 0. The quantitative estimate of drug-likeness (QED) is 0.215. The van der Waals surface area contributed by atoms with Crippen molar-refractivity contribution in [3.05, 3.63) is 127 Å². The molecule has 0 N–H and O–H groups in total. The van der Waals surface area contributed by atoms with E-state index in [0.717, 1.165) is 50.0 Å². The molecule has 0 fully saturated rings. The van der Waals surface area contributed by atoms with Crippen molar-refractivity contribution in [2.45, 2.75) is 0 Å². The Morgan fingerprint density at radius 1 is 0.333 bits per heavy atom. The van der Waals surface area contributed by atoms with E-state index in [4.69, 9.17) is 23.8 Å². The first-order chi connectivity index (χ1) is 20.8. The van der Waals surface area contributed by atoms with Crippen LogP contribution in [0.4, 0.5) is 0 Å². The second-order valence-corrected chi connectivity index (χ2v) is 9.81. The predicted molar refractivity (Wildman–Crippen MR) is 162 cm³/mol. The fourth-order valence-electron chi connectivity index (χ4n) is 4.92. The van der Waals surface area contributed by atoms with Crippen LogP contribution in [0, 0.1) is 0 Å². The number of hydrogen-bond acceptors (Lipinski definition) is 7. The summed E-state index contributed by atoms with van der Waals surface area (Å²) in [6.45, 7) is 0. The average Bonchev–Trinajstić information content (AvgIpc) is 3.70. The van der Waals surface area contributed by atoms with E-state index in [1.54, 1.807) is 0 Å². The Balaban J connectivity index is 1.25. The summed E-state index contributed by atoms with van der Waals surface area (Å²) < 4.78 is 12.1. The van der Waals surface area contributed by atoms with E-state index in [9.17, 15) is 0 Å². The summed E-state index contributed by atoms with van der Waals surface area (Å²) >= 11 is 0. The van der Waals surface area contributed by atoms with Gasteiger partial charge in [-0.3, -0.25) is 0 Å². The van der Waals surface area contributed by atoms with Gasteiger partial charge in [-0.05, 0) is 48.5 Å². The third-order valence-electron chi connectivity index (χ3n) is 6.99. The minimum absolute atomic E-state index is 0.543. The summed E-state index contributed by atoms with van der Waals surface area (Å²) in [5.74, 6) is 2.76. The average molecular weight is 544 g/mol. The minimum Gasteiger partial charge on any atom is -0.436 e. The van der Waals surface area contributed by atoms with Crippen molar-refractivity contribution < 1.29 is 8.83 Å². The van der Waals surface area contributed by atoms with Crippen molar-refractivity contribution in [2.75, 3.05) is 0 Å². The van der Waals surface area contributed by atoms with Crippen molar-refractivity contribution in [3.63, 3.8) is 0 Å². The SMILES string of the molecule is c1ccc(-c2nc(-c3cccc(-c4nc5ccccc5o4)c3)nc(-c3cccc(-c4nc5ccccc5o4)c3)n2)cc1. The number of fused-ring (bicyclic) bond motifs is 2. The molecule has 7 heteroatoms. The molecule has 8 rings (SSSR count). The van der Waals surface area contributed by atoms with E-state index in [2.05, 4.69) is 9.97 Å². The van der Waals surface area contributed by atoms with Gasteiger partial charge in [-0.2, -0.15) is 0 Å². The molecule has 0 aliphatic carbocycles. The molecule has 0 saturated carbocycles. The van der Waals surface area contributed by atoms with Gasteiger partial charge in [0.15, 0.2) is 28.6 Å². The van der Waals surface area contributed by atoms with E-state index in [0.29, 0.717) is 29.3 Å². The van der Waals surface area contributed by atoms with Crippen LogP contribution < -0.4 is 0 Å². The fraction of sp³-hybridized carbons (Fsp3) is 0. The zero-order valence-electron chi connectivity index (χ0n) is 22.2. The normalized spacial score (nSPS) is 11.3. The molecule has 0 aliphatic rings. The lowest BCUT2D eigenvalue weighted by atomic mass is 10.1. The Kier molecular flexibility index (Phi) is 5.64. The predicted octanol–water partition coefficient (Wildman–Crippen LogP) is 8.49. The molecule has 5 aromatic carbocycles. The summed E-state index contributed by atoms with van der Waals surface area (Å²) in [6.07, 6.45) is 0. The molecular formula is C35H21N5O2. The first-order valence-corrected chi connectivity index (χ1v) is 13.5. The lowest BCUT2D eigenvalue weighted by molar-refractivity contribution is 0.619. The van der Waals surface area contributed by atoms with Crippen LogP contribution in [-0.2, 0) is 0 Å². The Bertz CT molecular complexity index is 2020. The van der Waals surface area contributed by atoms with Crippen molar-refractivity contribution in [1.29, 1.82) is 0 Å². The van der Waals surface area contributed by atoms with E-state index in [-0.39, 0.29) is 0 Å². The second kappa shape index (κ2) is 9.91. The van der Waals surface area contributed by atoms with Crippen LogP contribution in [0.2, 0.25) is 0 Å². The first kappa shape index (κ1) is 23.9. The maximum absolute atomic E-state index is 6.03. The molecule has 3 heterocycles. The molecule has 0 aliphatic heterocycles. The Hall–Kier alpha value is -5.95. The maximum Gasteiger partial charge on any atom is 0.227 e. The lowest BCUT2D eigenvalue weighted by Crippen LogP contribution is -2.00. The summed E-state index contributed by atoms with van der Waals surface area (Å²) in [4.78, 5) is 24.0. The second-order valence-electron chi connectivity index (χ2n) is 9.81. The zero-order valence-corrected chi connectivity index (χ0v) is 22.2. The fourth-order valence-corrected chi connectivity index (χ4v) is 4.92. The first-order valence-electron chi connectivity index (χ1n) is 13.5. The van der Waals surface area contributed by atoms with Gasteiger partial charge in [0.25, 0.3) is 0 Å². The number of para-hydroxylation sites is 4. The van der Waals surface area contributed by atoms with Crippen molar-refractivity contribution in [3.8, 4) is 57.1 Å². The van der Waals surface area contributed by atoms with Crippen molar-refractivity contribution in [2.24, 2.45) is 0 Å². The number of rotatable bonds is 5. The van der Waals surface area contributed by atoms with E-state index in [1.165, 1.54) is 0 Å². The summed E-state index contributed by atoms with van der Waals surface area (Å²) in [5.41, 5.74) is 7.32. The molecule has 0 unspecified atom stereocenters. The van der Waals surface area contributed by atoms with Gasteiger partial charge < -0.3 is 8.83 Å². The Morgan fingerprint density at radius 3 is 1.24 bits per heavy atom. The van der Waals surface area contributed by atoms with Crippen molar-refractivity contribution in [1.82, 2.24) is 24.9 Å². The van der Waals surface area contributed by atoms with Crippen LogP contribution in [0.5, 0.6) is 0 Å². The number of benzene rings is 5. The molecule has 0 saturated heterocycles. The molecule has 42 heavy (non-hydrogen) atoms. The minimum atomic E-state index is 0.543. The smallest absolute Gasteiger partial charge is 0.227 e. The largest absolute Gasteiger partial charge is 0.436 e. The van der Waals surface area contributed by atoms with E-state index in [1.807, 2.05) is 127 Å². The molecule has 0 bridgehead atoms. The van der Waals surface area contributed by atoms with Gasteiger partial charge in [-0.1, -0.05) is 78.9 Å². The monoisotopic (exact) mass is 543 g/mol. The van der Waals surface area contributed by atoms with Crippen LogP contribution >= 0.6 is 0 Å². The number of aromatic nitrogens is 5. The standard InChI is InChI=1S/C35H21N5O2/c1-2-10-22(11-3-1)31-38-32(23-12-8-14-25(20-23)34-36-27-16-4-6-18-29(27)41-34)40-33(39-31)24-13-9-15-26(21-24)35-37-28-17-5-7-19-30(28)42-35/h1-21H. The summed E-state index contributed by atoms with van der Waals surface area (Å²) in [6, 6.07) is 41.2. The molecule has 8 aromatic rings. The van der Waals surface area contributed by atoms with Gasteiger partial charge in [0, 0.05) is 27.8 Å². The van der Waals surface area contributed by atoms with Gasteiger partial charge >= 0.3 is 0 Å². The Labute approximate surface area is 240 Å². The molecule has 7 nitrogen and oxygen atoms in total. The maximum atomic E-state index is 6.03. The van der Waals surface area contributed by atoms with Gasteiger partial charge in [0.05, 0.1) is 0 Å². The van der Waals surface area contributed by atoms with Crippen LogP contribution in [0.1, 0.15) is 0 Å². The molecular weight excluding hydrogens is 522 g/mol. The van der Waals surface area contributed by atoms with Gasteiger partial charge in [-0.25, -0.2) is 24.9 Å². The topological polar surface area (TPSA) is 90.7 Å². The Morgan fingerprint density at radius 2 is 0.738 bits per heavy atom. The molecule has 3 aromatic heterocycles. The van der Waals surface area contributed by atoms with Gasteiger partial charge in [0.1, 0.15) is 11.0 Å². The van der Waals surface area contributed by atoms with Gasteiger partial charge in [0.2, 0.25) is 11.8 Å². The number of hydrogen-bond donors (Lipinski definition) is 0. The highest BCUT2D eigenvalue weighted by Crippen LogP contribution is 2.31. The highest BCUT2D eigenvalue weighted by molar-refractivity contribution is 5.79. The highest BCUT2D eigenvalue weighted by Gasteiger charge is 2.16.